The van der Waals surface area contributed by atoms with Gasteiger partial charge in [0.25, 0.3) is 0 Å². The highest BCUT2D eigenvalue weighted by molar-refractivity contribution is 6.42. The lowest BCUT2D eigenvalue weighted by atomic mass is 10.2. The molecular weight excluding hydrogens is 343 g/mol. The molecule has 6 rings (SSSR count). The van der Waals surface area contributed by atoms with E-state index in [4.69, 9.17) is 0 Å². The number of fused-ring (bicyclic) bond motifs is 6. The van der Waals surface area contributed by atoms with Crippen LogP contribution in [-0.2, 0) is 0 Å². The van der Waals surface area contributed by atoms with Crippen molar-refractivity contribution in [3.8, 4) is 0 Å². The first-order chi connectivity index (χ1) is 13.4. The summed E-state index contributed by atoms with van der Waals surface area (Å²) in [5, 5.41) is 5.34. The average Bonchev–Trinajstić information content (AvgIpc) is 3.23. The summed E-state index contributed by atoms with van der Waals surface area (Å²) in [5.41, 5.74) is 5.26. The molecule has 0 fully saturated rings. The van der Waals surface area contributed by atoms with Gasteiger partial charge in [0.05, 0.1) is 0 Å². The van der Waals surface area contributed by atoms with Crippen molar-refractivity contribution in [2.45, 2.75) is 0 Å². The molecule has 2 aromatic heterocycles. The minimum Gasteiger partial charge on any atom is -0.420 e. The normalized spacial score (nSPS) is 11.7. The van der Waals surface area contributed by atoms with E-state index in [1.54, 1.807) is 0 Å². The highest BCUT2D eigenvalue weighted by atomic mass is 27.1. The van der Waals surface area contributed by atoms with E-state index in [1.807, 2.05) is 0 Å². The Balaban J connectivity index is 1.70. The van der Waals surface area contributed by atoms with E-state index >= 15 is 0 Å². The van der Waals surface area contributed by atoms with Gasteiger partial charge in [-0.15, -0.1) is 0 Å². The minimum atomic E-state index is -0.165. The van der Waals surface area contributed by atoms with E-state index in [2.05, 4.69) is 104 Å². The van der Waals surface area contributed by atoms with Gasteiger partial charge in [-0.05, 0) is 24.3 Å². The van der Waals surface area contributed by atoms with Crippen molar-refractivity contribution in [2.75, 3.05) is 0 Å². The van der Waals surface area contributed by atoms with Crippen LogP contribution in [0.5, 0.6) is 0 Å². The number of hydrogen-bond acceptors (Lipinski definition) is 0. The number of aromatic nitrogens is 2. The van der Waals surface area contributed by atoms with Gasteiger partial charge in [-0.3, -0.25) is 0 Å². The van der Waals surface area contributed by atoms with Crippen molar-refractivity contribution in [1.29, 1.82) is 0 Å². The number of benzene rings is 4. The van der Waals surface area contributed by atoms with Gasteiger partial charge in [0.2, 0.25) is 0 Å². The summed E-state index contributed by atoms with van der Waals surface area (Å²) in [5.74, 6) is 0. The van der Waals surface area contributed by atoms with Crippen LogP contribution < -0.4 is 0 Å². The molecule has 0 atom stereocenters. The fourth-order valence-corrected chi connectivity index (χ4v) is 5.90. The van der Waals surface area contributed by atoms with Gasteiger partial charge in [0.1, 0.15) is 0 Å². The summed E-state index contributed by atoms with van der Waals surface area (Å²) in [7, 11) is 0. The molecule has 0 saturated heterocycles. The van der Waals surface area contributed by atoms with Crippen LogP contribution in [0.25, 0.3) is 43.6 Å². The van der Waals surface area contributed by atoms with Crippen LogP contribution in [-0.4, -0.2) is 22.8 Å². The highest BCUT2D eigenvalue weighted by Gasteiger charge is 2.16. The van der Waals surface area contributed by atoms with Gasteiger partial charge < -0.3 is 7.10 Å². The Labute approximate surface area is 163 Å². The molecule has 2 heterocycles. The third kappa shape index (κ3) is 2.13. The van der Waals surface area contributed by atoms with Crippen LogP contribution in [0.2, 0.25) is 0 Å². The Morgan fingerprint density at radius 1 is 0.370 bits per heavy atom. The van der Waals surface area contributed by atoms with Crippen LogP contribution in [0.15, 0.2) is 97.1 Å². The van der Waals surface area contributed by atoms with Crippen LogP contribution in [0, 0.1) is 0 Å². The minimum absolute atomic E-state index is 0.165. The lowest BCUT2D eigenvalue weighted by Crippen LogP contribution is -2.16. The summed E-state index contributed by atoms with van der Waals surface area (Å²) in [6, 6.07) is 35.0. The zero-order chi connectivity index (χ0) is 17.8. The van der Waals surface area contributed by atoms with E-state index in [0.717, 1.165) is 0 Å². The van der Waals surface area contributed by atoms with Crippen LogP contribution in [0.3, 0.4) is 0 Å². The molecular formula is C24H16AlN2. The maximum Gasteiger partial charge on any atom is 0.564 e. The molecule has 3 heteroatoms. The monoisotopic (exact) mass is 359 g/mol. The second kappa shape index (κ2) is 5.76. The SMILES string of the molecule is c1ccc2c(c1)c1ccccc1[n]2[Al][n]1c2ccccc2c2ccccc21. The topological polar surface area (TPSA) is 9.86 Å². The lowest BCUT2D eigenvalue weighted by Gasteiger charge is -2.10. The predicted molar refractivity (Wildman–Crippen MR) is 115 cm³/mol. The van der Waals surface area contributed by atoms with Gasteiger partial charge in [-0.25, -0.2) is 0 Å². The Morgan fingerprint density at radius 3 is 0.926 bits per heavy atom. The molecule has 0 bridgehead atoms. The van der Waals surface area contributed by atoms with Crippen molar-refractivity contribution in [1.82, 2.24) is 7.10 Å². The molecule has 2 nitrogen and oxygen atoms in total. The quantitative estimate of drug-likeness (QED) is 0.344. The van der Waals surface area contributed by atoms with E-state index in [9.17, 15) is 0 Å². The Kier molecular flexibility index (Phi) is 3.22. The van der Waals surface area contributed by atoms with Gasteiger partial charge >= 0.3 is 15.7 Å². The fraction of sp³-hybridized carbons (Fsp3) is 0. The summed E-state index contributed by atoms with van der Waals surface area (Å²) in [6.45, 7) is 0. The van der Waals surface area contributed by atoms with E-state index in [1.165, 1.54) is 43.6 Å². The predicted octanol–water partition coefficient (Wildman–Crippen LogP) is 5.83. The highest BCUT2D eigenvalue weighted by Crippen LogP contribution is 2.31. The van der Waals surface area contributed by atoms with E-state index in [-0.39, 0.29) is 15.7 Å². The molecule has 125 valence electrons. The zero-order valence-electron chi connectivity index (χ0n) is 14.7. The molecule has 4 aromatic carbocycles. The Morgan fingerprint density at radius 2 is 0.630 bits per heavy atom. The molecule has 0 N–H and O–H groups in total. The maximum atomic E-state index is 2.52. The van der Waals surface area contributed by atoms with Gasteiger partial charge in [-0.1, -0.05) is 72.8 Å². The summed E-state index contributed by atoms with van der Waals surface area (Å²) < 4.78 is 5.03. The zero-order valence-corrected chi connectivity index (χ0v) is 15.9. The standard InChI is InChI=1S/2C12H8N.Al/c2*1-3-7-11-9(5-1)10-6-2-4-8-12(10)13-11;/h2*1-8H;/q2*-1;+2. The molecule has 6 aromatic rings. The molecule has 0 aliphatic carbocycles. The third-order valence-electron chi connectivity index (χ3n) is 5.47. The summed E-state index contributed by atoms with van der Waals surface area (Å²) in [6.07, 6.45) is 0. The van der Waals surface area contributed by atoms with Gasteiger partial charge in [-0.2, -0.15) is 0 Å². The summed E-state index contributed by atoms with van der Waals surface area (Å²) >= 11 is -0.165. The second-order valence-corrected chi connectivity index (χ2v) is 8.19. The Hall–Kier alpha value is -2.99. The third-order valence-corrected chi connectivity index (χ3v) is 7.04. The molecule has 27 heavy (non-hydrogen) atoms. The molecule has 0 aliphatic rings. The first-order valence-electron chi connectivity index (χ1n) is 9.22. The van der Waals surface area contributed by atoms with Crippen molar-refractivity contribution in [3.05, 3.63) is 97.1 Å². The largest absolute Gasteiger partial charge is 0.564 e. The number of hydrogen-bond donors (Lipinski definition) is 0. The molecule has 1 radical (unpaired) electrons. The average molecular weight is 359 g/mol. The lowest BCUT2D eigenvalue weighted by molar-refractivity contribution is 1.23. The maximum absolute atomic E-state index is 2.52. The molecule has 0 spiro atoms. The van der Waals surface area contributed by atoms with Crippen molar-refractivity contribution in [2.24, 2.45) is 0 Å². The number of nitrogens with zero attached hydrogens (tertiary/aromatic N) is 2. The van der Waals surface area contributed by atoms with Crippen LogP contribution >= 0.6 is 0 Å². The van der Waals surface area contributed by atoms with Gasteiger partial charge in [0, 0.05) is 43.6 Å². The molecule has 0 amide bonds. The first kappa shape index (κ1) is 15.1. The summed E-state index contributed by atoms with van der Waals surface area (Å²) in [4.78, 5) is 0. The van der Waals surface area contributed by atoms with Crippen LogP contribution in [0.1, 0.15) is 0 Å². The van der Waals surface area contributed by atoms with E-state index in [0.29, 0.717) is 0 Å². The van der Waals surface area contributed by atoms with Crippen molar-refractivity contribution in [3.63, 3.8) is 0 Å². The Bertz CT molecular complexity index is 1240. The second-order valence-electron chi connectivity index (χ2n) is 6.92. The van der Waals surface area contributed by atoms with Crippen LogP contribution in [0.4, 0.5) is 0 Å². The number of rotatable bonds is 2. The molecule has 0 saturated carbocycles. The fourth-order valence-electron chi connectivity index (χ4n) is 4.27. The smallest absolute Gasteiger partial charge is 0.420 e. The molecule has 0 unspecified atom stereocenters. The first-order valence-corrected chi connectivity index (χ1v) is 10.3. The van der Waals surface area contributed by atoms with E-state index < -0.39 is 0 Å². The van der Waals surface area contributed by atoms with Crippen molar-refractivity contribution < 1.29 is 0 Å². The van der Waals surface area contributed by atoms with Gasteiger partial charge in [0.15, 0.2) is 0 Å². The molecule has 0 aliphatic heterocycles. The van der Waals surface area contributed by atoms with Crippen molar-refractivity contribution >= 4 is 59.3 Å². The number of para-hydroxylation sites is 4.